The molecule has 2 nitrogen and oxygen atoms in total. The van der Waals surface area contributed by atoms with Crippen molar-refractivity contribution >= 4 is 28.7 Å². The summed E-state index contributed by atoms with van der Waals surface area (Å²) in [6.45, 7) is 3.91. The van der Waals surface area contributed by atoms with E-state index < -0.39 is 11.7 Å². The fourth-order valence-corrected chi connectivity index (χ4v) is 2.25. The lowest BCUT2D eigenvalue weighted by Crippen LogP contribution is -2.20. The van der Waals surface area contributed by atoms with E-state index in [1.165, 1.54) is 12.1 Å². The highest BCUT2D eigenvalue weighted by Crippen LogP contribution is 2.29. The minimum atomic E-state index is -4.34. The van der Waals surface area contributed by atoms with Crippen molar-refractivity contribution in [2.45, 2.75) is 20.0 Å². The first-order valence-corrected chi connectivity index (χ1v) is 6.99. The van der Waals surface area contributed by atoms with Gasteiger partial charge in [0.05, 0.1) is 5.56 Å². The minimum absolute atomic E-state index is 0.331. The number of rotatable bonds is 2. The van der Waals surface area contributed by atoms with Gasteiger partial charge in [-0.15, -0.1) is 0 Å². The third kappa shape index (κ3) is 3.98. The number of aryl methyl sites for hydroxylation is 2. The molecule has 22 heavy (non-hydrogen) atoms. The number of alkyl halides is 3. The molecule has 0 bridgehead atoms. The minimum Gasteiger partial charge on any atom is -0.332 e. The molecule has 2 aromatic rings. The molecule has 2 N–H and O–H groups in total. The van der Waals surface area contributed by atoms with Crippen molar-refractivity contribution in [2.75, 3.05) is 10.6 Å². The Morgan fingerprint density at radius 2 is 1.45 bits per heavy atom. The fourth-order valence-electron chi connectivity index (χ4n) is 2.03. The van der Waals surface area contributed by atoms with Crippen molar-refractivity contribution in [3.8, 4) is 0 Å². The average Bonchev–Trinajstić information content (AvgIpc) is 2.43. The molecule has 0 saturated heterocycles. The van der Waals surface area contributed by atoms with Crippen LogP contribution in [0.25, 0.3) is 0 Å². The summed E-state index contributed by atoms with van der Waals surface area (Å²) in [5.74, 6) is 0. The summed E-state index contributed by atoms with van der Waals surface area (Å²) in [6, 6.07) is 10.6. The number of hydrogen-bond donors (Lipinski definition) is 2. The van der Waals surface area contributed by atoms with Crippen LogP contribution in [0.5, 0.6) is 0 Å². The topological polar surface area (TPSA) is 24.1 Å². The van der Waals surface area contributed by atoms with Crippen LogP contribution >= 0.6 is 12.2 Å². The van der Waals surface area contributed by atoms with Gasteiger partial charge in [-0.2, -0.15) is 13.2 Å². The van der Waals surface area contributed by atoms with Crippen LogP contribution in [0.2, 0.25) is 0 Å². The van der Waals surface area contributed by atoms with Crippen molar-refractivity contribution < 1.29 is 13.2 Å². The number of para-hydroxylation sites is 1. The zero-order chi connectivity index (χ0) is 16.3. The van der Waals surface area contributed by atoms with Crippen LogP contribution < -0.4 is 10.6 Å². The number of anilines is 2. The molecule has 0 unspecified atom stereocenters. The second-order valence-electron chi connectivity index (χ2n) is 4.92. The smallest absolute Gasteiger partial charge is 0.332 e. The van der Waals surface area contributed by atoms with Crippen LogP contribution in [-0.2, 0) is 6.18 Å². The molecule has 0 saturated carbocycles. The summed E-state index contributed by atoms with van der Waals surface area (Å²) >= 11 is 5.20. The molecule has 0 aliphatic carbocycles. The summed E-state index contributed by atoms with van der Waals surface area (Å²) in [7, 11) is 0. The van der Waals surface area contributed by atoms with Crippen LogP contribution in [0.1, 0.15) is 16.7 Å². The van der Waals surface area contributed by atoms with Crippen molar-refractivity contribution in [3.05, 3.63) is 59.2 Å². The van der Waals surface area contributed by atoms with Crippen LogP contribution in [0, 0.1) is 13.8 Å². The van der Waals surface area contributed by atoms with Crippen LogP contribution in [0.3, 0.4) is 0 Å². The van der Waals surface area contributed by atoms with E-state index in [1.54, 1.807) is 0 Å². The molecule has 0 fully saturated rings. The van der Waals surface area contributed by atoms with Crippen LogP contribution in [-0.4, -0.2) is 5.11 Å². The van der Waals surface area contributed by atoms with E-state index in [-0.39, 0.29) is 0 Å². The molecule has 116 valence electrons. The molecule has 0 heterocycles. The van der Waals surface area contributed by atoms with Gasteiger partial charge in [-0.3, -0.25) is 0 Å². The van der Waals surface area contributed by atoms with Gasteiger partial charge in [-0.05, 0) is 61.5 Å². The monoisotopic (exact) mass is 324 g/mol. The van der Waals surface area contributed by atoms with Gasteiger partial charge in [-0.25, -0.2) is 0 Å². The lowest BCUT2D eigenvalue weighted by atomic mass is 10.1. The third-order valence-electron chi connectivity index (χ3n) is 3.19. The number of thiocarbonyl (C=S) groups is 1. The zero-order valence-corrected chi connectivity index (χ0v) is 12.9. The second-order valence-corrected chi connectivity index (χ2v) is 5.33. The standard InChI is InChI=1S/C16H15F3N2S/c1-10-4-3-5-11(2)14(10)21-15(22)20-13-8-6-12(7-9-13)16(17,18)19/h3-9H,1-2H3,(H2,20,21,22). The highest BCUT2D eigenvalue weighted by Gasteiger charge is 2.29. The quantitative estimate of drug-likeness (QED) is 0.749. The third-order valence-corrected chi connectivity index (χ3v) is 3.39. The Kier molecular flexibility index (Phi) is 4.71. The van der Waals surface area contributed by atoms with Gasteiger partial charge >= 0.3 is 6.18 Å². The molecular weight excluding hydrogens is 309 g/mol. The second kappa shape index (κ2) is 6.36. The lowest BCUT2D eigenvalue weighted by Gasteiger charge is -2.15. The lowest BCUT2D eigenvalue weighted by molar-refractivity contribution is -0.137. The number of halogens is 3. The molecular formula is C16H15F3N2S. The van der Waals surface area contributed by atoms with Gasteiger partial charge in [0, 0.05) is 11.4 Å². The fraction of sp³-hybridized carbons (Fsp3) is 0.188. The van der Waals surface area contributed by atoms with Crippen molar-refractivity contribution in [1.82, 2.24) is 0 Å². The van der Waals surface area contributed by atoms with Gasteiger partial charge in [-0.1, -0.05) is 18.2 Å². The SMILES string of the molecule is Cc1cccc(C)c1NC(=S)Nc1ccc(C(F)(F)F)cc1. The Bertz CT molecular complexity index is 659. The maximum atomic E-state index is 12.5. The summed E-state index contributed by atoms with van der Waals surface area (Å²) in [4.78, 5) is 0. The molecule has 2 aromatic carbocycles. The Hall–Kier alpha value is -2.08. The number of nitrogens with one attached hydrogen (secondary N) is 2. The van der Waals surface area contributed by atoms with E-state index in [0.717, 1.165) is 28.9 Å². The van der Waals surface area contributed by atoms with E-state index in [0.29, 0.717) is 10.8 Å². The van der Waals surface area contributed by atoms with Gasteiger partial charge in [0.25, 0.3) is 0 Å². The van der Waals surface area contributed by atoms with Gasteiger partial charge in [0.1, 0.15) is 0 Å². The molecule has 0 aliphatic rings. The predicted octanol–water partition coefficient (Wildman–Crippen LogP) is 5.13. The summed E-state index contributed by atoms with van der Waals surface area (Å²) in [5, 5.41) is 6.28. The Balaban J connectivity index is 2.06. The number of hydrogen-bond acceptors (Lipinski definition) is 1. The van der Waals surface area contributed by atoms with Crippen LogP contribution in [0.4, 0.5) is 24.5 Å². The van der Waals surface area contributed by atoms with E-state index >= 15 is 0 Å². The van der Waals surface area contributed by atoms with Crippen molar-refractivity contribution in [1.29, 1.82) is 0 Å². The van der Waals surface area contributed by atoms with Crippen molar-refractivity contribution in [2.24, 2.45) is 0 Å². The molecule has 0 aliphatic heterocycles. The van der Waals surface area contributed by atoms with E-state index in [9.17, 15) is 13.2 Å². The maximum Gasteiger partial charge on any atom is 0.416 e. The highest BCUT2D eigenvalue weighted by atomic mass is 32.1. The molecule has 0 radical (unpaired) electrons. The maximum absolute atomic E-state index is 12.5. The highest BCUT2D eigenvalue weighted by molar-refractivity contribution is 7.80. The largest absolute Gasteiger partial charge is 0.416 e. The molecule has 0 atom stereocenters. The first kappa shape index (κ1) is 16.3. The first-order valence-electron chi connectivity index (χ1n) is 6.59. The van der Waals surface area contributed by atoms with E-state index in [1.807, 2.05) is 32.0 Å². The van der Waals surface area contributed by atoms with Gasteiger partial charge < -0.3 is 10.6 Å². The molecule has 2 rings (SSSR count). The predicted molar refractivity (Wildman–Crippen MR) is 87.2 cm³/mol. The van der Waals surface area contributed by atoms with Crippen LogP contribution in [0.15, 0.2) is 42.5 Å². The Morgan fingerprint density at radius 3 is 1.95 bits per heavy atom. The van der Waals surface area contributed by atoms with E-state index in [4.69, 9.17) is 12.2 Å². The zero-order valence-electron chi connectivity index (χ0n) is 12.1. The normalized spacial score (nSPS) is 11.1. The summed E-state index contributed by atoms with van der Waals surface area (Å²) in [6.07, 6.45) is -4.34. The first-order chi connectivity index (χ1) is 10.3. The number of benzene rings is 2. The van der Waals surface area contributed by atoms with Gasteiger partial charge in [0.2, 0.25) is 0 Å². The molecule has 6 heteroatoms. The van der Waals surface area contributed by atoms with Gasteiger partial charge in [0.15, 0.2) is 5.11 Å². The van der Waals surface area contributed by atoms with Crippen molar-refractivity contribution in [3.63, 3.8) is 0 Å². The Labute approximate surface area is 132 Å². The summed E-state index contributed by atoms with van der Waals surface area (Å²) < 4.78 is 37.5. The summed E-state index contributed by atoms with van der Waals surface area (Å²) in [5.41, 5.74) is 2.78. The molecule has 0 aromatic heterocycles. The average molecular weight is 324 g/mol. The molecule has 0 spiro atoms. The van der Waals surface area contributed by atoms with E-state index in [2.05, 4.69) is 10.6 Å². The molecule has 0 amide bonds. The Morgan fingerprint density at radius 1 is 0.909 bits per heavy atom.